The van der Waals surface area contributed by atoms with Crippen molar-refractivity contribution < 1.29 is 19.1 Å². The fourth-order valence-electron chi connectivity index (χ4n) is 3.93. The van der Waals surface area contributed by atoms with Crippen molar-refractivity contribution in [2.24, 2.45) is 0 Å². The van der Waals surface area contributed by atoms with Crippen LogP contribution < -0.4 is 0 Å². The van der Waals surface area contributed by atoms with Gasteiger partial charge in [0.05, 0.1) is 0 Å². The summed E-state index contributed by atoms with van der Waals surface area (Å²) in [6.07, 6.45) is 11.0. The van der Waals surface area contributed by atoms with E-state index in [-0.39, 0.29) is 24.3 Å². The normalized spacial score (nSPS) is 15.2. The van der Waals surface area contributed by atoms with Gasteiger partial charge in [0.15, 0.2) is 0 Å². The molecule has 6 nitrogen and oxygen atoms in total. The van der Waals surface area contributed by atoms with E-state index >= 15 is 0 Å². The summed E-state index contributed by atoms with van der Waals surface area (Å²) in [5, 5.41) is 0. The van der Waals surface area contributed by atoms with E-state index in [0.717, 1.165) is 36.8 Å². The van der Waals surface area contributed by atoms with Crippen LogP contribution in [-0.4, -0.2) is 47.2 Å². The molecule has 0 aliphatic carbocycles. The van der Waals surface area contributed by atoms with E-state index in [9.17, 15) is 9.59 Å². The minimum Gasteiger partial charge on any atom is -0.445 e. The van der Waals surface area contributed by atoms with Crippen LogP contribution in [0.4, 0.5) is 9.59 Å². The predicted octanol–water partition coefficient (Wildman–Crippen LogP) is 7.53. The molecular weight excluding hydrogens is 476 g/mol. The van der Waals surface area contributed by atoms with Gasteiger partial charge in [-0.1, -0.05) is 85.0 Å². The molecule has 204 valence electrons. The maximum atomic E-state index is 12.1. The summed E-state index contributed by atoms with van der Waals surface area (Å²) >= 11 is 0. The molecule has 0 radical (unpaired) electrons. The summed E-state index contributed by atoms with van der Waals surface area (Å²) in [7, 11) is 0. The van der Waals surface area contributed by atoms with Gasteiger partial charge in [0.2, 0.25) is 0 Å². The zero-order chi connectivity index (χ0) is 27.6. The fraction of sp³-hybridized carbons (Fsp3) is 0.375. The summed E-state index contributed by atoms with van der Waals surface area (Å²) in [5.74, 6) is 0. The molecule has 2 aromatic carbocycles. The molecule has 1 aliphatic heterocycles. The molecule has 2 amide bonds. The minimum absolute atomic E-state index is 0.106. The highest BCUT2D eigenvalue weighted by Crippen LogP contribution is 2.14. The quantitative estimate of drug-likeness (QED) is 0.305. The van der Waals surface area contributed by atoms with Crippen molar-refractivity contribution in [3.63, 3.8) is 0 Å². The molecule has 2 unspecified atom stereocenters. The van der Waals surface area contributed by atoms with Crippen molar-refractivity contribution in [2.45, 2.75) is 64.8 Å². The number of nitrogens with zero attached hydrogens (tertiary/aromatic N) is 2. The van der Waals surface area contributed by atoms with Crippen LogP contribution in [0.1, 0.15) is 50.7 Å². The molecule has 0 spiro atoms. The number of ether oxygens (including phenoxy) is 2. The molecule has 0 aromatic heterocycles. The third kappa shape index (κ3) is 11.1. The molecule has 3 rings (SSSR count). The molecule has 1 aliphatic rings. The van der Waals surface area contributed by atoms with Crippen molar-refractivity contribution in [3.8, 4) is 0 Å². The van der Waals surface area contributed by atoms with Gasteiger partial charge in [-0.25, -0.2) is 9.59 Å². The Morgan fingerprint density at radius 3 is 2.16 bits per heavy atom. The highest BCUT2D eigenvalue weighted by molar-refractivity contribution is 5.68. The zero-order valence-electron chi connectivity index (χ0n) is 22.8. The van der Waals surface area contributed by atoms with Gasteiger partial charge in [0.1, 0.15) is 13.2 Å². The summed E-state index contributed by atoms with van der Waals surface area (Å²) < 4.78 is 10.7. The Balaban J connectivity index is 0.000000268. The van der Waals surface area contributed by atoms with Crippen molar-refractivity contribution in [2.75, 3.05) is 13.1 Å². The average molecular weight is 519 g/mol. The second-order valence-corrected chi connectivity index (χ2v) is 9.29. The van der Waals surface area contributed by atoms with Crippen LogP contribution in [0.25, 0.3) is 0 Å². The second-order valence-electron chi connectivity index (χ2n) is 9.29. The van der Waals surface area contributed by atoms with E-state index in [1.165, 1.54) is 0 Å². The van der Waals surface area contributed by atoms with Crippen molar-refractivity contribution in [3.05, 3.63) is 109 Å². The number of hydrogen-bond acceptors (Lipinski definition) is 4. The average Bonchev–Trinajstić information content (AvgIpc) is 3.17. The van der Waals surface area contributed by atoms with E-state index in [4.69, 9.17) is 9.47 Å². The van der Waals surface area contributed by atoms with Crippen molar-refractivity contribution in [1.82, 2.24) is 9.80 Å². The monoisotopic (exact) mass is 518 g/mol. The van der Waals surface area contributed by atoms with E-state index in [2.05, 4.69) is 26.2 Å². The standard InChI is InChI=1S/C17H23NO2.C15H19NO2/c1-4-6-10-15(3)18(13-5-2)17(19)20-14-16-11-8-7-9-12-16;1-13-8-4-3-7-11-16(13)15(17)18-12-14-9-5-2-6-10-14/h4-5,7-9,11-12,15H,1-2,6,10,13-14H2,3H3;2-3,5-7,9-10,13H,4,8,11-12H2,1H3. The molecule has 6 heteroatoms. The fourth-order valence-corrected chi connectivity index (χ4v) is 3.93. The van der Waals surface area contributed by atoms with Gasteiger partial charge in [-0.3, -0.25) is 0 Å². The van der Waals surface area contributed by atoms with Crippen molar-refractivity contribution in [1.29, 1.82) is 0 Å². The van der Waals surface area contributed by atoms with E-state index in [1.54, 1.807) is 15.9 Å². The van der Waals surface area contributed by atoms with Gasteiger partial charge < -0.3 is 19.3 Å². The topological polar surface area (TPSA) is 59.1 Å². The largest absolute Gasteiger partial charge is 0.445 e. The summed E-state index contributed by atoms with van der Waals surface area (Å²) in [6, 6.07) is 19.8. The first-order valence-electron chi connectivity index (χ1n) is 13.3. The number of allylic oxidation sites excluding steroid dienone is 2. The molecule has 2 atom stereocenters. The Bertz CT molecular complexity index is 1010. The smallest absolute Gasteiger partial charge is 0.410 e. The second kappa shape index (κ2) is 17.6. The van der Waals surface area contributed by atoms with Crippen LogP contribution >= 0.6 is 0 Å². The van der Waals surface area contributed by atoms with Crippen LogP contribution in [0.15, 0.2) is 98.1 Å². The van der Waals surface area contributed by atoms with Gasteiger partial charge in [-0.2, -0.15) is 0 Å². The van der Waals surface area contributed by atoms with E-state index < -0.39 is 0 Å². The van der Waals surface area contributed by atoms with Crippen molar-refractivity contribution >= 4 is 12.2 Å². The number of carbonyl (C=O) groups is 2. The molecular formula is C32H42N2O4. The Morgan fingerprint density at radius 1 is 0.974 bits per heavy atom. The lowest BCUT2D eigenvalue weighted by Crippen LogP contribution is -2.39. The van der Waals surface area contributed by atoms with Crippen LogP contribution in [-0.2, 0) is 22.7 Å². The third-order valence-electron chi connectivity index (χ3n) is 6.28. The van der Waals surface area contributed by atoms with Gasteiger partial charge >= 0.3 is 12.2 Å². The summed E-state index contributed by atoms with van der Waals surface area (Å²) in [4.78, 5) is 27.6. The first-order chi connectivity index (χ1) is 18.5. The highest BCUT2D eigenvalue weighted by atomic mass is 16.6. The molecule has 0 saturated carbocycles. The minimum atomic E-state index is -0.301. The van der Waals surface area contributed by atoms with Gasteiger partial charge in [0, 0.05) is 25.2 Å². The first-order valence-corrected chi connectivity index (χ1v) is 13.3. The van der Waals surface area contributed by atoms with Gasteiger partial charge in [0.25, 0.3) is 0 Å². The lowest BCUT2D eigenvalue weighted by Gasteiger charge is -2.27. The molecule has 0 N–H and O–H groups in total. The third-order valence-corrected chi connectivity index (χ3v) is 6.28. The number of hydrogen-bond donors (Lipinski definition) is 0. The highest BCUT2D eigenvalue weighted by Gasteiger charge is 2.21. The summed E-state index contributed by atoms with van der Waals surface area (Å²) in [6.45, 7) is 13.2. The Hall–Kier alpha value is -3.80. The Morgan fingerprint density at radius 2 is 1.58 bits per heavy atom. The molecule has 0 bridgehead atoms. The van der Waals surface area contributed by atoms with Crippen LogP contribution in [0.5, 0.6) is 0 Å². The molecule has 0 fully saturated rings. The van der Waals surface area contributed by atoms with Gasteiger partial charge in [-0.05, 0) is 50.7 Å². The SMILES string of the molecule is C=CCCC(C)N(CC=C)C(=O)OCc1ccccc1.CC1CCC=CCN1C(=O)OCc1ccccc1. The molecule has 38 heavy (non-hydrogen) atoms. The first kappa shape index (κ1) is 30.4. The van der Waals surface area contributed by atoms with E-state index in [0.29, 0.717) is 26.3 Å². The zero-order valence-corrected chi connectivity index (χ0v) is 22.8. The molecule has 2 aromatic rings. The Labute approximate surface area is 228 Å². The number of rotatable bonds is 10. The Kier molecular flexibility index (Phi) is 14.1. The number of carbonyl (C=O) groups excluding carboxylic acids is 2. The maximum Gasteiger partial charge on any atom is 0.410 e. The van der Waals surface area contributed by atoms with Gasteiger partial charge in [-0.15, -0.1) is 13.2 Å². The molecule has 1 heterocycles. The molecule has 0 saturated heterocycles. The van der Waals surface area contributed by atoms with E-state index in [1.807, 2.05) is 79.7 Å². The number of amides is 2. The lowest BCUT2D eigenvalue weighted by molar-refractivity contribution is 0.0862. The maximum absolute atomic E-state index is 12.1. The van der Waals surface area contributed by atoms with Crippen LogP contribution in [0.2, 0.25) is 0 Å². The lowest BCUT2D eigenvalue weighted by atomic mass is 10.1. The number of benzene rings is 2. The summed E-state index contributed by atoms with van der Waals surface area (Å²) in [5.41, 5.74) is 2.00. The van der Waals surface area contributed by atoms with Crippen LogP contribution in [0, 0.1) is 0 Å². The predicted molar refractivity (Wildman–Crippen MR) is 154 cm³/mol. The van der Waals surface area contributed by atoms with Crippen LogP contribution in [0.3, 0.4) is 0 Å².